The molecule has 0 radical (unpaired) electrons. The maximum absolute atomic E-state index is 4.29. The fourth-order valence-electron chi connectivity index (χ4n) is 2.04. The normalized spacial score (nSPS) is 17.5. The average molecular weight is 222 g/mol. The molecule has 2 rings (SSSR count). The van der Waals surface area contributed by atoms with Crippen molar-refractivity contribution in [2.24, 2.45) is 5.41 Å². The number of rotatable bonds is 3. The second-order valence-electron chi connectivity index (χ2n) is 5.89. The summed E-state index contributed by atoms with van der Waals surface area (Å²) in [6, 6.07) is 0.290. The van der Waals surface area contributed by atoms with Gasteiger partial charge in [0, 0.05) is 19.5 Å². The summed E-state index contributed by atoms with van der Waals surface area (Å²) < 4.78 is 2.26. The Morgan fingerprint density at radius 1 is 1.38 bits per heavy atom. The van der Waals surface area contributed by atoms with E-state index in [1.807, 2.05) is 0 Å². The van der Waals surface area contributed by atoms with Crippen molar-refractivity contribution in [1.82, 2.24) is 20.1 Å². The SMILES string of the molecule is CC(NCC(C)(C)C)c1nnc2n1CCC2. The predicted octanol–water partition coefficient (Wildman–Crippen LogP) is 1.92. The van der Waals surface area contributed by atoms with E-state index in [2.05, 4.69) is 47.8 Å². The quantitative estimate of drug-likeness (QED) is 0.849. The van der Waals surface area contributed by atoms with Crippen LogP contribution in [0.5, 0.6) is 0 Å². The van der Waals surface area contributed by atoms with Gasteiger partial charge < -0.3 is 9.88 Å². The van der Waals surface area contributed by atoms with Crippen LogP contribution in [-0.4, -0.2) is 21.3 Å². The van der Waals surface area contributed by atoms with Gasteiger partial charge in [0.1, 0.15) is 11.6 Å². The van der Waals surface area contributed by atoms with Gasteiger partial charge in [-0.25, -0.2) is 0 Å². The number of nitrogens with zero attached hydrogens (tertiary/aromatic N) is 3. The number of nitrogens with one attached hydrogen (secondary N) is 1. The lowest BCUT2D eigenvalue weighted by Gasteiger charge is -2.22. The molecule has 2 heterocycles. The molecule has 0 amide bonds. The maximum Gasteiger partial charge on any atom is 0.149 e. The summed E-state index contributed by atoms with van der Waals surface area (Å²) in [4.78, 5) is 0. The second-order valence-corrected chi connectivity index (χ2v) is 5.89. The highest BCUT2D eigenvalue weighted by Crippen LogP contribution is 2.20. The Morgan fingerprint density at radius 3 is 2.81 bits per heavy atom. The first kappa shape index (κ1) is 11.6. The minimum absolute atomic E-state index is 0.290. The lowest BCUT2D eigenvalue weighted by molar-refractivity contribution is 0.352. The summed E-state index contributed by atoms with van der Waals surface area (Å²) in [6.07, 6.45) is 2.29. The molecule has 0 spiro atoms. The van der Waals surface area contributed by atoms with Crippen LogP contribution in [0.15, 0.2) is 0 Å². The summed E-state index contributed by atoms with van der Waals surface area (Å²) in [5.74, 6) is 2.25. The highest BCUT2D eigenvalue weighted by molar-refractivity contribution is 5.04. The minimum Gasteiger partial charge on any atom is -0.314 e. The first-order valence-electron chi connectivity index (χ1n) is 6.13. The smallest absolute Gasteiger partial charge is 0.149 e. The summed E-state index contributed by atoms with van der Waals surface area (Å²) in [5, 5.41) is 12.1. The minimum atomic E-state index is 0.290. The van der Waals surface area contributed by atoms with Crippen molar-refractivity contribution >= 4 is 0 Å². The summed E-state index contributed by atoms with van der Waals surface area (Å²) >= 11 is 0. The largest absolute Gasteiger partial charge is 0.314 e. The Morgan fingerprint density at radius 2 is 2.12 bits per heavy atom. The van der Waals surface area contributed by atoms with Crippen LogP contribution in [0.3, 0.4) is 0 Å². The van der Waals surface area contributed by atoms with Crippen LogP contribution >= 0.6 is 0 Å². The average Bonchev–Trinajstić information content (AvgIpc) is 2.73. The molecule has 90 valence electrons. The van der Waals surface area contributed by atoms with Crippen molar-refractivity contribution in [1.29, 1.82) is 0 Å². The Hall–Kier alpha value is -0.900. The van der Waals surface area contributed by atoms with E-state index in [4.69, 9.17) is 0 Å². The highest BCUT2D eigenvalue weighted by atomic mass is 15.3. The van der Waals surface area contributed by atoms with E-state index < -0.39 is 0 Å². The first-order chi connectivity index (χ1) is 7.47. The van der Waals surface area contributed by atoms with Gasteiger partial charge in [0.2, 0.25) is 0 Å². The number of hydrogen-bond donors (Lipinski definition) is 1. The zero-order valence-electron chi connectivity index (χ0n) is 10.7. The van der Waals surface area contributed by atoms with E-state index in [1.54, 1.807) is 0 Å². The third-order valence-corrected chi connectivity index (χ3v) is 2.96. The van der Waals surface area contributed by atoms with Gasteiger partial charge in [0.05, 0.1) is 6.04 Å². The highest BCUT2D eigenvalue weighted by Gasteiger charge is 2.22. The zero-order chi connectivity index (χ0) is 11.8. The molecular weight excluding hydrogens is 200 g/mol. The van der Waals surface area contributed by atoms with Crippen molar-refractivity contribution in [3.05, 3.63) is 11.6 Å². The number of fused-ring (bicyclic) bond motifs is 1. The van der Waals surface area contributed by atoms with Crippen LogP contribution in [0.2, 0.25) is 0 Å². The molecule has 0 saturated heterocycles. The van der Waals surface area contributed by atoms with E-state index in [9.17, 15) is 0 Å². The maximum atomic E-state index is 4.29. The molecule has 0 saturated carbocycles. The van der Waals surface area contributed by atoms with Crippen molar-refractivity contribution in [2.75, 3.05) is 6.54 Å². The molecule has 4 nitrogen and oxygen atoms in total. The van der Waals surface area contributed by atoms with Crippen LogP contribution in [0.1, 0.15) is 51.8 Å². The van der Waals surface area contributed by atoms with Gasteiger partial charge in [-0.3, -0.25) is 0 Å². The van der Waals surface area contributed by atoms with E-state index in [-0.39, 0.29) is 0 Å². The monoisotopic (exact) mass is 222 g/mol. The second kappa shape index (κ2) is 4.17. The molecule has 0 aliphatic carbocycles. The fraction of sp³-hybridized carbons (Fsp3) is 0.833. The van der Waals surface area contributed by atoms with Crippen LogP contribution in [-0.2, 0) is 13.0 Å². The standard InChI is InChI=1S/C12H22N4/c1-9(13-8-12(2,3)4)11-15-14-10-6-5-7-16(10)11/h9,13H,5-8H2,1-4H3. The van der Waals surface area contributed by atoms with Gasteiger partial charge in [0.25, 0.3) is 0 Å². The molecule has 0 bridgehead atoms. The van der Waals surface area contributed by atoms with E-state index in [0.717, 1.165) is 31.2 Å². The molecule has 16 heavy (non-hydrogen) atoms. The Balaban J connectivity index is 2.01. The van der Waals surface area contributed by atoms with Crippen molar-refractivity contribution in [3.63, 3.8) is 0 Å². The molecule has 1 aromatic rings. The van der Waals surface area contributed by atoms with E-state index in [0.29, 0.717) is 11.5 Å². The molecule has 1 aromatic heterocycles. The van der Waals surface area contributed by atoms with Crippen LogP contribution in [0, 0.1) is 5.41 Å². The molecule has 1 aliphatic heterocycles. The van der Waals surface area contributed by atoms with Crippen molar-refractivity contribution in [2.45, 2.75) is 53.1 Å². The zero-order valence-corrected chi connectivity index (χ0v) is 10.7. The molecule has 4 heteroatoms. The van der Waals surface area contributed by atoms with Crippen LogP contribution in [0.25, 0.3) is 0 Å². The summed E-state index contributed by atoms with van der Waals surface area (Å²) in [7, 11) is 0. The van der Waals surface area contributed by atoms with E-state index in [1.165, 1.54) is 6.42 Å². The Bertz CT molecular complexity index is 362. The molecule has 0 fully saturated rings. The third kappa shape index (κ3) is 2.43. The molecule has 1 atom stereocenters. The summed E-state index contributed by atoms with van der Waals surface area (Å²) in [6.45, 7) is 11.0. The van der Waals surface area contributed by atoms with Crippen molar-refractivity contribution < 1.29 is 0 Å². The van der Waals surface area contributed by atoms with Crippen molar-refractivity contribution in [3.8, 4) is 0 Å². The lowest BCUT2D eigenvalue weighted by atomic mass is 9.96. The Labute approximate surface area is 97.5 Å². The van der Waals surface area contributed by atoms with Gasteiger partial charge in [-0.1, -0.05) is 20.8 Å². The van der Waals surface area contributed by atoms with Crippen LogP contribution in [0.4, 0.5) is 0 Å². The van der Waals surface area contributed by atoms with Gasteiger partial charge in [-0.15, -0.1) is 10.2 Å². The topological polar surface area (TPSA) is 42.7 Å². The van der Waals surface area contributed by atoms with Gasteiger partial charge in [-0.05, 0) is 18.8 Å². The fourth-order valence-corrected chi connectivity index (χ4v) is 2.04. The molecule has 1 unspecified atom stereocenters. The van der Waals surface area contributed by atoms with Gasteiger partial charge in [0.15, 0.2) is 0 Å². The Kier molecular flexibility index (Phi) is 3.02. The lowest BCUT2D eigenvalue weighted by Crippen LogP contribution is -2.30. The molecule has 1 N–H and O–H groups in total. The van der Waals surface area contributed by atoms with Crippen LogP contribution < -0.4 is 5.32 Å². The summed E-state index contributed by atoms with van der Waals surface area (Å²) in [5.41, 5.74) is 0.308. The van der Waals surface area contributed by atoms with Gasteiger partial charge in [-0.2, -0.15) is 0 Å². The third-order valence-electron chi connectivity index (χ3n) is 2.96. The molecule has 1 aliphatic rings. The predicted molar refractivity (Wildman–Crippen MR) is 64.2 cm³/mol. The van der Waals surface area contributed by atoms with Gasteiger partial charge >= 0.3 is 0 Å². The first-order valence-corrected chi connectivity index (χ1v) is 6.13. The van der Waals surface area contributed by atoms with E-state index >= 15 is 0 Å². The molecular formula is C12H22N4. The number of hydrogen-bond acceptors (Lipinski definition) is 3. The number of aryl methyl sites for hydroxylation is 1. The number of aromatic nitrogens is 3. The molecule has 0 aromatic carbocycles.